The van der Waals surface area contributed by atoms with Crippen molar-refractivity contribution in [1.82, 2.24) is 0 Å². The molecule has 106 valence electrons. The first kappa shape index (κ1) is 14.8. The number of nitrogens with one attached hydrogen (secondary N) is 1. The maximum Gasteiger partial charge on any atom is 0.263 e. The van der Waals surface area contributed by atoms with Crippen LogP contribution in [0.1, 0.15) is 5.56 Å². The lowest BCUT2D eigenvalue weighted by molar-refractivity contribution is 0.282. The Labute approximate surface area is 120 Å². The third kappa shape index (κ3) is 2.92. The Bertz CT molecular complexity index is 734. The Balaban J connectivity index is 2.47. The highest BCUT2D eigenvalue weighted by Gasteiger charge is 2.20. The maximum absolute atomic E-state index is 13.7. The maximum atomic E-state index is 13.7. The molecule has 0 aliphatic heterocycles. The van der Waals surface area contributed by atoms with Crippen LogP contribution >= 0.6 is 11.6 Å². The topological polar surface area (TPSA) is 66.4 Å². The van der Waals surface area contributed by atoms with Gasteiger partial charge in [-0.1, -0.05) is 35.9 Å². The first-order valence-corrected chi connectivity index (χ1v) is 7.47. The fraction of sp³-hybridized carbons (Fsp3) is 0.0769. The second-order valence-corrected chi connectivity index (χ2v) is 6.03. The molecule has 0 unspecified atom stereocenters. The zero-order valence-electron chi connectivity index (χ0n) is 10.2. The molecule has 0 saturated carbocycles. The van der Waals surface area contributed by atoms with Gasteiger partial charge >= 0.3 is 0 Å². The van der Waals surface area contributed by atoms with E-state index in [4.69, 9.17) is 16.7 Å². The van der Waals surface area contributed by atoms with Gasteiger partial charge in [0.2, 0.25) is 0 Å². The molecule has 0 aliphatic rings. The van der Waals surface area contributed by atoms with Gasteiger partial charge in [0.15, 0.2) is 0 Å². The number of para-hydroxylation sites is 1. The van der Waals surface area contributed by atoms with Gasteiger partial charge in [0, 0.05) is 5.56 Å². The molecule has 0 aliphatic carbocycles. The van der Waals surface area contributed by atoms with E-state index in [1.807, 2.05) is 0 Å². The van der Waals surface area contributed by atoms with Crippen LogP contribution in [0.2, 0.25) is 5.02 Å². The molecule has 4 nitrogen and oxygen atoms in total. The van der Waals surface area contributed by atoms with E-state index in [2.05, 4.69) is 4.72 Å². The van der Waals surface area contributed by atoms with Crippen molar-refractivity contribution in [2.45, 2.75) is 11.5 Å². The molecular formula is C13H11ClFNO3S. The zero-order valence-corrected chi connectivity index (χ0v) is 11.7. The van der Waals surface area contributed by atoms with Crippen LogP contribution in [0, 0.1) is 5.82 Å². The van der Waals surface area contributed by atoms with Gasteiger partial charge in [-0.2, -0.15) is 0 Å². The van der Waals surface area contributed by atoms with Crippen LogP contribution in [-0.4, -0.2) is 13.5 Å². The van der Waals surface area contributed by atoms with Gasteiger partial charge in [-0.15, -0.1) is 0 Å². The molecule has 0 radical (unpaired) electrons. The molecule has 0 bridgehead atoms. The summed E-state index contributed by atoms with van der Waals surface area (Å²) < 4.78 is 40.2. The average molecular weight is 316 g/mol. The van der Waals surface area contributed by atoms with Crippen LogP contribution < -0.4 is 4.72 Å². The van der Waals surface area contributed by atoms with Crippen LogP contribution in [0.5, 0.6) is 0 Å². The summed E-state index contributed by atoms with van der Waals surface area (Å²) in [4.78, 5) is -0.159. The van der Waals surface area contributed by atoms with Crippen molar-refractivity contribution >= 4 is 27.3 Å². The number of aliphatic hydroxyl groups is 1. The molecule has 2 N–H and O–H groups in total. The van der Waals surface area contributed by atoms with E-state index in [1.165, 1.54) is 30.3 Å². The number of hydrogen-bond acceptors (Lipinski definition) is 3. The first-order chi connectivity index (χ1) is 9.45. The van der Waals surface area contributed by atoms with Crippen molar-refractivity contribution < 1.29 is 17.9 Å². The predicted molar refractivity (Wildman–Crippen MR) is 74.6 cm³/mol. The molecule has 0 fully saturated rings. The van der Waals surface area contributed by atoms with Gasteiger partial charge in [-0.25, -0.2) is 12.8 Å². The summed E-state index contributed by atoms with van der Waals surface area (Å²) in [5.41, 5.74) is -0.143. The zero-order chi connectivity index (χ0) is 14.8. The Kier molecular flexibility index (Phi) is 4.27. The van der Waals surface area contributed by atoms with Gasteiger partial charge in [0.05, 0.1) is 17.3 Å². The predicted octanol–water partition coefficient (Wildman–Crippen LogP) is 2.77. The van der Waals surface area contributed by atoms with Crippen molar-refractivity contribution in [3.8, 4) is 0 Å². The number of rotatable bonds is 4. The highest BCUT2D eigenvalue weighted by molar-refractivity contribution is 7.92. The summed E-state index contributed by atoms with van der Waals surface area (Å²) in [5.74, 6) is -0.771. The van der Waals surface area contributed by atoms with Gasteiger partial charge in [-0.05, 0) is 18.2 Å². The lowest BCUT2D eigenvalue weighted by Crippen LogP contribution is -2.16. The smallest absolute Gasteiger partial charge is 0.263 e. The van der Waals surface area contributed by atoms with E-state index >= 15 is 0 Å². The SMILES string of the molecule is O=S(=O)(Nc1c(F)cccc1CO)c1ccccc1Cl. The standard InChI is InChI=1S/C13H11ClFNO3S/c14-10-5-1-2-7-12(10)20(18,19)16-13-9(8-17)4-3-6-11(13)15/h1-7,16-17H,8H2. The summed E-state index contributed by atoms with van der Waals surface area (Å²) >= 11 is 5.83. The Hall–Kier alpha value is -1.63. The van der Waals surface area contributed by atoms with E-state index in [-0.39, 0.29) is 21.2 Å². The van der Waals surface area contributed by atoms with Crippen molar-refractivity contribution in [2.24, 2.45) is 0 Å². The minimum absolute atomic E-state index is 0.0295. The van der Waals surface area contributed by atoms with Crippen molar-refractivity contribution in [1.29, 1.82) is 0 Å². The molecule has 7 heteroatoms. The number of halogens is 2. The molecule has 0 heterocycles. The summed E-state index contributed by atoms with van der Waals surface area (Å²) in [7, 11) is -4.03. The van der Waals surface area contributed by atoms with Crippen LogP contribution in [0.4, 0.5) is 10.1 Å². The van der Waals surface area contributed by atoms with Gasteiger partial charge in [0.1, 0.15) is 10.7 Å². The summed E-state index contributed by atoms with van der Waals surface area (Å²) in [6, 6.07) is 9.73. The minimum atomic E-state index is -4.03. The molecule has 0 saturated heterocycles. The van der Waals surface area contributed by atoms with E-state index in [0.717, 1.165) is 6.07 Å². The highest BCUT2D eigenvalue weighted by atomic mass is 35.5. The molecule has 2 rings (SSSR count). The third-order valence-corrected chi connectivity index (χ3v) is 4.48. The monoisotopic (exact) mass is 315 g/mol. The van der Waals surface area contributed by atoms with Crippen LogP contribution in [0.3, 0.4) is 0 Å². The molecule has 0 amide bonds. The van der Waals surface area contributed by atoms with Crippen LogP contribution in [0.15, 0.2) is 47.4 Å². The third-order valence-electron chi connectivity index (χ3n) is 2.63. The Morgan fingerprint density at radius 1 is 1.15 bits per heavy atom. The molecule has 0 atom stereocenters. The normalized spacial score (nSPS) is 11.3. The van der Waals surface area contributed by atoms with E-state index in [1.54, 1.807) is 6.07 Å². The number of hydrogen-bond donors (Lipinski definition) is 2. The Morgan fingerprint density at radius 2 is 1.85 bits per heavy atom. The second kappa shape index (κ2) is 5.78. The Morgan fingerprint density at radius 3 is 2.50 bits per heavy atom. The number of sulfonamides is 1. The van der Waals surface area contributed by atoms with E-state index in [9.17, 15) is 12.8 Å². The largest absolute Gasteiger partial charge is 0.392 e. The lowest BCUT2D eigenvalue weighted by Gasteiger charge is -2.13. The summed E-state index contributed by atoms with van der Waals surface area (Å²) in [6.07, 6.45) is 0. The molecule has 0 aromatic heterocycles. The number of benzene rings is 2. The van der Waals surface area contributed by atoms with E-state index in [0.29, 0.717) is 0 Å². The van der Waals surface area contributed by atoms with E-state index < -0.39 is 22.4 Å². The average Bonchev–Trinajstić information content (AvgIpc) is 2.41. The second-order valence-electron chi connectivity index (χ2n) is 3.97. The summed E-state index contributed by atoms with van der Waals surface area (Å²) in [5, 5.41) is 9.17. The lowest BCUT2D eigenvalue weighted by atomic mass is 10.2. The van der Waals surface area contributed by atoms with Gasteiger partial charge in [-0.3, -0.25) is 4.72 Å². The highest BCUT2D eigenvalue weighted by Crippen LogP contribution is 2.26. The molecule has 2 aromatic rings. The quantitative estimate of drug-likeness (QED) is 0.911. The number of anilines is 1. The molecular weight excluding hydrogens is 305 g/mol. The fourth-order valence-electron chi connectivity index (χ4n) is 1.67. The number of aliphatic hydroxyl groups excluding tert-OH is 1. The van der Waals surface area contributed by atoms with Crippen molar-refractivity contribution in [3.63, 3.8) is 0 Å². The molecule has 2 aromatic carbocycles. The summed E-state index contributed by atoms with van der Waals surface area (Å²) in [6.45, 7) is -0.488. The molecule has 20 heavy (non-hydrogen) atoms. The minimum Gasteiger partial charge on any atom is -0.392 e. The fourth-order valence-corrected chi connectivity index (χ4v) is 3.30. The van der Waals surface area contributed by atoms with Gasteiger partial charge in [0.25, 0.3) is 10.0 Å². The van der Waals surface area contributed by atoms with Gasteiger partial charge < -0.3 is 5.11 Å². The van der Waals surface area contributed by atoms with Crippen LogP contribution in [0.25, 0.3) is 0 Å². The van der Waals surface area contributed by atoms with Crippen LogP contribution in [-0.2, 0) is 16.6 Å². The van der Waals surface area contributed by atoms with Crippen molar-refractivity contribution in [3.05, 3.63) is 58.9 Å². The molecule has 0 spiro atoms. The van der Waals surface area contributed by atoms with Crippen molar-refractivity contribution in [2.75, 3.05) is 4.72 Å². The first-order valence-electron chi connectivity index (χ1n) is 5.61.